The van der Waals surface area contributed by atoms with Gasteiger partial charge in [0.15, 0.2) is 0 Å². The Morgan fingerprint density at radius 2 is 1.78 bits per heavy atom. The van der Waals surface area contributed by atoms with E-state index >= 15 is 0 Å². The van der Waals surface area contributed by atoms with E-state index < -0.39 is 20.0 Å². The van der Waals surface area contributed by atoms with E-state index in [1.54, 1.807) is 24.3 Å². The highest BCUT2D eigenvalue weighted by Gasteiger charge is 2.33. The summed E-state index contributed by atoms with van der Waals surface area (Å²) in [6, 6.07) is 7.97. The maximum atomic E-state index is 12.1. The molecule has 0 radical (unpaired) electrons. The van der Waals surface area contributed by atoms with Gasteiger partial charge < -0.3 is 11.1 Å². The molecular weight excluding hydrogens is 304 g/mol. The zero-order valence-corrected chi connectivity index (χ0v) is 15.6. The average molecular weight is 331 g/mol. The van der Waals surface area contributed by atoms with Crippen LogP contribution in [0.2, 0.25) is 18.1 Å². The number of nitrogens with one attached hydrogen (secondary N) is 1. The van der Waals surface area contributed by atoms with Gasteiger partial charge in [-0.3, -0.25) is 9.59 Å². The van der Waals surface area contributed by atoms with Gasteiger partial charge in [0.1, 0.15) is 14.1 Å². The summed E-state index contributed by atoms with van der Waals surface area (Å²) in [6.45, 7) is 10.9. The van der Waals surface area contributed by atoms with Crippen LogP contribution in [0, 0.1) is 11.5 Å². The van der Waals surface area contributed by atoms with Gasteiger partial charge >= 0.3 is 0 Å². The molecule has 0 heterocycles. The second kappa shape index (κ2) is 7.47. The van der Waals surface area contributed by atoms with Crippen molar-refractivity contribution >= 4 is 19.9 Å². The van der Waals surface area contributed by atoms with Crippen molar-refractivity contribution in [2.45, 2.75) is 51.4 Å². The summed E-state index contributed by atoms with van der Waals surface area (Å²) in [5, 5.41) is 2.81. The number of hydrogen-bond donors (Lipinski definition) is 2. The number of nitrogens with two attached hydrogens (primary N) is 1. The topological polar surface area (TPSA) is 72.2 Å². The van der Waals surface area contributed by atoms with Gasteiger partial charge in [-0.05, 0) is 17.2 Å². The van der Waals surface area contributed by atoms with Crippen molar-refractivity contribution in [2.24, 2.45) is 5.73 Å². The smallest absolute Gasteiger partial charge is 0.251 e. The molecule has 1 aromatic rings. The molecule has 124 valence electrons. The first-order chi connectivity index (χ1) is 10.5. The van der Waals surface area contributed by atoms with Gasteiger partial charge in [-0.15, -0.1) is 11.5 Å². The van der Waals surface area contributed by atoms with E-state index in [0.717, 1.165) is 0 Å². The Labute approximate surface area is 139 Å². The first-order valence-corrected chi connectivity index (χ1v) is 10.7. The van der Waals surface area contributed by atoms with Crippen molar-refractivity contribution in [3.63, 3.8) is 0 Å². The first kappa shape index (κ1) is 19.0. The van der Waals surface area contributed by atoms with Gasteiger partial charge in [0, 0.05) is 12.0 Å². The van der Waals surface area contributed by atoms with Crippen molar-refractivity contribution in [1.82, 2.24) is 5.32 Å². The summed E-state index contributed by atoms with van der Waals surface area (Å²) >= 11 is 0. The molecule has 1 aromatic carbocycles. The number of carbonyl (C=O) groups is 2. The lowest BCUT2D eigenvalue weighted by Gasteiger charge is -2.31. The number of primary amides is 1. The highest BCUT2D eigenvalue weighted by molar-refractivity contribution is 6.87. The molecule has 0 unspecified atom stereocenters. The van der Waals surface area contributed by atoms with E-state index in [1.165, 1.54) is 0 Å². The van der Waals surface area contributed by atoms with Gasteiger partial charge in [0.25, 0.3) is 5.91 Å². The van der Waals surface area contributed by atoms with E-state index in [4.69, 9.17) is 5.73 Å². The van der Waals surface area contributed by atoms with E-state index in [0.29, 0.717) is 5.56 Å². The summed E-state index contributed by atoms with van der Waals surface area (Å²) < 4.78 is 0. The van der Waals surface area contributed by atoms with Crippen molar-refractivity contribution in [3.8, 4) is 11.5 Å². The first-order valence-electron chi connectivity index (χ1n) is 7.70. The lowest BCUT2D eigenvalue weighted by molar-refractivity contribution is -0.119. The van der Waals surface area contributed by atoms with Crippen LogP contribution in [-0.2, 0) is 4.79 Å². The normalized spacial score (nSPS) is 12.7. The Hall–Kier alpha value is -2.06. The Morgan fingerprint density at radius 1 is 1.22 bits per heavy atom. The molecule has 0 aliphatic heterocycles. The Bertz CT molecular complexity index is 622. The van der Waals surface area contributed by atoms with E-state index in [2.05, 4.69) is 50.6 Å². The summed E-state index contributed by atoms with van der Waals surface area (Å²) in [5.41, 5.74) is 9.21. The van der Waals surface area contributed by atoms with Crippen LogP contribution in [0.5, 0.6) is 0 Å². The van der Waals surface area contributed by atoms with Crippen LogP contribution >= 0.6 is 0 Å². The van der Waals surface area contributed by atoms with Crippen LogP contribution in [0.3, 0.4) is 0 Å². The van der Waals surface area contributed by atoms with Gasteiger partial charge in [-0.2, -0.15) is 0 Å². The molecule has 0 spiro atoms. The molecule has 0 bridgehead atoms. The molecule has 23 heavy (non-hydrogen) atoms. The molecule has 4 nitrogen and oxygen atoms in total. The molecule has 1 atom stereocenters. The number of rotatable bonds is 4. The predicted molar refractivity (Wildman–Crippen MR) is 96.5 cm³/mol. The molecule has 0 fully saturated rings. The zero-order chi connectivity index (χ0) is 17.7. The van der Waals surface area contributed by atoms with Crippen molar-refractivity contribution in [1.29, 1.82) is 0 Å². The SMILES string of the molecule is CC(C)(C)[Si](C)(C)C#CC[C@H](NC(=O)c1ccccc1)C(N)=O. The van der Waals surface area contributed by atoms with Crippen LogP contribution in [0.4, 0.5) is 0 Å². The zero-order valence-electron chi connectivity index (χ0n) is 14.6. The Morgan fingerprint density at radius 3 is 2.26 bits per heavy atom. The third-order valence-corrected chi connectivity index (χ3v) is 8.82. The second-order valence-corrected chi connectivity index (χ2v) is 12.2. The largest absolute Gasteiger partial charge is 0.368 e. The number of carbonyl (C=O) groups excluding carboxylic acids is 2. The third kappa shape index (κ3) is 5.57. The maximum absolute atomic E-state index is 12.1. The molecule has 0 aliphatic carbocycles. The van der Waals surface area contributed by atoms with Gasteiger partial charge in [0.2, 0.25) is 5.91 Å². The van der Waals surface area contributed by atoms with Crippen molar-refractivity contribution < 1.29 is 9.59 Å². The Balaban J connectivity index is 2.79. The lowest BCUT2D eigenvalue weighted by atomic mass is 10.1. The summed E-state index contributed by atoms with van der Waals surface area (Å²) in [7, 11) is -1.74. The van der Waals surface area contributed by atoms with Gasteiger partial charge in [0.05, 0.1) is 0 Å². The summed E-state index contributed by atoms with van der Waals surface area (Å²) in [6.07, 6.45) is 0.237. The van der Waals surface area contributed by atoms with Crippen LogP contribution in [0.15, 0.2) is 30.3 Å². The molecule has 0 aromatic heterocycles. The number of benzene rings is 1. The average Bonchev–Trinajstić information content (AvgIpc) is 2.45. The van der Waals surface area contributed by atoms with E-state index in [9.17, 15) is 9.59 Å². The number of amides is 2. The van der Waals surface area contributed by atoms with Crippen LogP contribution < -0.4 is 11.1 Å². The molecule has 0 saturated carbocycles. The van der Waals surface area contributed by atoms with Crippen molar-refractivity contribution in [2.75, 3.05) is 0 Å². The maximum Gasteiger partial charge on any atom is 0.251 e. The molecule has 1 rings (SSSR count). The predicted octanol–water partition coefficient (Wildman–Crippen LogP) is 2.71. The molecule has 0 saturated heterocycles. The minimum Gasteiger partial charge on any atom is -0.368 e. The van der Waals surface area contributed by atoms with Crippen LogP contribution in [0.1, 0.15) is 37.6 Å². The molecular formula is C18H26N2O2Si. The molecule has 2 amide bonds. The minimum atomic E-state index is -1.74. The summed E-state index contributed by atoms with van der Waals surface area (Å²) in [5.74, 6) is 2.18. The minimum absolute atomic E-state index is 0.148. The van der Waals surface area contributed by atoms with Gasteiger partial charge in [-0.1, -0.05) is 52.1 Å². The quantitative estimate of drug-likeness (QED) is 0.658. The van der Waals surface area contributed by atoms with Gasteiger partial charge in [-0.25, -0.2) is 0 Å². The fraction of sp³-hybridized carbons (Fsp3) is 0.444. The van der Waals surface area contributed by atoms with E-state index in [-0.39, 0.29) is 17.4 Å². The van der Waals surface area contributed by atoms with Crippen LogP contribution in [0.25, 0.3) is 0 Å². The molecule has 0 aliphatic rings. The standard InChI is InChI=1S/C18H26N2O2Si/c1-18(2,3)23(4,5)13-9-12-15(16(19)21)20-17(22)14-10-7-6-8-11-14/h6-8,10-11,15H,12H2,1-5H3,(H2,19,21)(H,20,22)/t15-/m0/s1. The molecule has 5 heteroatoms. The highest BCUT2D eigenvalue weighted by atomic mass is 28.3. The fourth-order valence-corrected chi connectivity index (χ4v) is 2.53. The fourth-order valence-electron chi connectivity index (χ4n) is 1.62. The lowest BCUT2D eigenvalue weighted by Crippen LogP contribution is -2.44. The van der Waals surface area contributed by atoms with Crippen LogP contribution in [-0.4, -0.2) is 25.9 Å². The third-order valence-electron chi connectivity index (χ3n) is 4.27. The second-order valence-electron chi connectivity index (χ2n) is 7.18. The monoisotopic (exact) mass is 330 g/mol. The Kier molecular flexibility index (Phi) is 6.17. The van der Waals surface area contributed by atoms with E-state index in [1.807, 2.05) is 6.07 Å². The van der Waals surface area contributed by atoms with Crippen molar-refractivity contribution in [3.05, 3.63) is 35.9 Å². The highest BCUT2D eigenvalue weighted by Crippen LogP contribution is 2.35. The molecule has 3 N–H and O–H groups in total. The summed E-state index contributed by atoms with van der Waals surface area (Å²) in [4.78, 5) is 23.7. The number of hydrogen-bond acceptors (Lipinski definition) is 2.